The maximum absolute atomic E-state index is 6.49. The summed E-state index contributed by atoms with van der Waals surface area (Å²) in [5.74, 6) is -0.705. The molecule has 0 N–H and O–H groups in total. The van der Waals surface area contributed by atoms with Gasteiger partial charge in [0.15, 0.2) is 35.7 Å². The summed E-state index contributed by atoms with van der Waals surface area (Å²) in [5.41, 5.74) is 4.55. The first kappa shape index (κ1) is 54.3. The van der Waals surface area contributed by atoms with Gasteiger partial charge in [0.1, 0.15) is 60.3 Å². The smallest absolute Gasteiger partial charge is 0.190 e. The van der Waals surface area contributed by atoms with Crippen molar-refractivity contribution >= 4 is 6.08 Å². The van der Waals surface area contributed by atoms with Gasteiger partial charge >= 0.3 is 0 Å². The van der Waals surface area contributed by atoms with Gasteiger partial charge in [0.05, 0.1) is 26.4 Å². The monoisotopic (exact) mass is 1010 g/mol. The summed E-state index contributed by atoms with van der Waals surface area (Å²) in [5, 5.41) is 0. The van der Waals surface area contributed by atoms with Crippen molar-refractivity contribution in [2.45, 2.75) is 204 Å². The molecule has 0 saturated carbocycles. The Morgan fingerprint density at radius 2 is 1.00 bits per heavy atom. The third-order valence-electron chi connectivity index (χ3n) is 15.0. The fraction of sp³-hybridized carbons (Fsp3) is 0.661. The van der Waals surface area contributed by atoms with Gasteiger partial charge in [-0.05, 0) is 146 Å². The highest BCUT2D eigenvalue weighted by Crippen LogP contribution is 2.46. The zero-order valence-corrected chi connectivity index (χ0v) is 45.0. The third kappa shape index (κ3) is 13.0. The van der Waals surface area contributed by atoms with Crippen molar-refractivity contribution in [3.8, 4) is 11.5 Å². The van der Waals surface area contributed by atoms with E-state index < -0.39 is 35.7 Å². The van der Waals surface area contributed by atoms with Gasteiger partial charge in [0, 0.05) is 18.6 Å². The van der Waals surface area contributed by atoms with Crippen LogP contribution in [0.25, 0.3) is 6.08 Å². The SMILES string of the molecule is C=Cc1ccc(CC(CC(C)CC)(c2ccc(OCCCCO[C@@H]3[C@H]4OC(C)(C)O[C@H]4O[C@@H]3[C@H]3COC(C)(C)O3)cc2)c2ccc(OCCCCO[C@@H]3[C@H]4OC(C)(C)O[C@H]4O[C@@H]3[C@H]3COC(C)(C)O3)cc2)cc1. The predicted octanol–water partition coefficient (Wildman–Crippen LogP) is 10.4. The van der Waals surface area contributed by atoms with Crippen LogP contribution in [0.3, 0.4) is 0 Å². The average molecular weight is 1020 g/mol. The number of unbranched alkanes of at least 4 members (excludes halogenated alkanes) is 2. The van der Waals surface area contributed by atoms with E-state index in [-0.39, 0.29) is 54.2 Å². The van der Waals surface area contributed by atoms with E-state index in [9.17, 15) is 0 Å². The molecule has 3 aromatic carbocycles. The van der Waals surface area contributed by atoms with Gasteiger partial charge in [0.25, 0.3) is 0 Å². The molecule has 14 nitrogen and oxygen atoms in total. The van der Waals surface area contributed by atoms with Crippen molar-refractivity contribution in [1.82, 2.24) is 0 Å². The molecule has 73 heavy (non-hydrogen) atoms. The molecule has 1 unspecified atom stereocenters. The minimum absolute atomic E-state index is 0.272. The Morgan fingerprint density at radius 3 is 1.40 bits per heavy atom. The Bertz CT molecular complexity index is 2120. The molecule has 6 aliphatic rings. The van der Waals surface area contributed by atoms with Gasteiger partial charge in [-0.2, -0.15) is 0 Å². The fourth-order valence-electron chi connectivity index (χ4n) is 11.2. The van der Waals surface area contributed by atoms with Crippen LogP contribution in [0.5, 0.6) is 11.5 Å². The van der Waals surface area contributed by atoms with E-state index in [0.717, 1.165) is 62.0 Å². The van der Waals surface area contributed by atoms with Gasteiger partial charge in [-0.1, -0.05) is 81.5 Å². The van der Waals surface area contributed by atoms with Crippen LogP contribution in [0.4, 0.5) is 0 Å². The molecule has 402 valence electrons. The van der Waals surface area contributed by atoms with Crippen molar-refractivity contribution in [3.63, 3.8) is 0 Å². The van der Waals surface area contributed by atoms with Crippen LogP contribution in [0, 0.1) is 5.92 Å². The molecule has 9 rings (SSSR count). The van der Waals surface area contributed by atoms with Gasteiger partial charge < -0.3 is 66.3 Å². The summed E-state index contributed by atoms with van der Waals surface area (Å²) in [4.78, 5) is 0. The van der Waals surface area contributed by atoms with Crippen molar-refractivity contribution in [1.29, 1.82) is 0 Å². The fourth-order valence-corrected chi connectivity index (χ4v) is 11.2. The van der Waals surface area contributed by atoms with Crippen LogP contribution >= 0.6 is 0 Å². The Balaban J connectivity index is 0.807. The zero-order valence-electron chi connectivity index (χ0n) is 45.0. The van der Waals surface area contributed by atoms with Crippen molar-refractivity contribution < 1.29 is 66.3 Å². The molecule has 0 spiro atoms. The quantitative estimate of drug-likeness (QED) is 0.0789. The van der Waals surface area contributed by atoms with E-state index in [1.54, 1.807) is 0 Å². The summed E-state index contributed by atoms with van der Waals surface area (Å²) < 4.78 is 87.0. The summed E-state index contributed by atoms with van der Waals surface area (Å²) in [6.07, 6.45) is 4.37. The largest absolute Gasteiger partial charge is 0.494 e. The standard InChI is InChI=1S/C59H82O14/c1-12-38(3)34-59(35-40-20-18-39(13-2)19-21-40,41-22-26-43(27-23-41)60-30-14-16-32-62-49-47(45-36-64-55(4,5)68-45)66-53-51(49)70-57(8,9)72-53)42-24-28-44(29-25-42)61-31-15-17-33-63-50-48(46-37-65-56(6,7)69-46)67-54-52(50)71-58(10,11)73-54/h13,18-29,38,45-54H,2,12,14-17,30-37H2,1,3-11H3/t38?,45-,46-,47-,48-,49+,50+,51-,52-,53-,54-/m1/s1. The molecule has 0 amide bonds. The second kappa shape index (κ2) is 22.6. The minimum Gasteiger partial charge on any atom is -0.494 e. The van der Waals surface area contributed by atoms with Crippen LogP contribution in [0.2, 0.25) is 0 Å². The highest BCUT2D eigenvalue weighted by atomic mass is 16.9. The third-order valence-corrected chi connectivity index (χ3v) is 15.0. The molecule has 0 radical (unpaired) electrons. The summed E-state index contributed by atoms with van der Waals surface area (Å²) in [7, 11) is 0. The predicted molar refractivity (Wildman–Crippen MR) is 274 cm³/mol. The molecule has 0 aromatic heterocycles. The van der Waals surface area contributed by atoms with E-state index in [1.165, 1.54) is 16.7 Å². The molecular weight excluding hydrogens is 933 g/mol. The second-order valence-electron chi connectivity index (χ2n) is 22.6. The lowest BCUT2D eigenvalue weighted by Crippen LogP contribution is -2.44. The molecular formula is C59H82O14. The highest BCUT2D eigenvalue weighted by Gasteiger charge is 2.60. The van der Waals surface area contributed by atoms with Crippen molar-refractivity contribution in [3.05, 3.63) is 102 Å². The first-order valence-electron chi connectivity index (χ1n) is 26.9. The first-order chi connectivity index (χ1) is 34.8. The maximum atomic E-state index is 6.49. The molecule has 14 heteroatoms. The molecule has 11 atom stereocenters. The van der Waals surface area contributed by atoms with Gasteiger partial charge in [0.2, 0.25) is 0 Å². The van der Waals surface area contributed by atoms with Gasteiger partial charge in [-0.3, -0.25) is 0 Å². The van der Waals surface area contributed by atoms with E-state index >= 15 is 0 Å². The minimum atomic E-state index is -0.747. The Morgan fingerprint density at radius 1 is 0.562 bits per heavy atom. The van der Waals surface area contributed by atoms with Gasteiger partial charge in [-0.15, -0.1) is 0 Å². The van der Waals surface area contributed by atoms with E-state index in [1.807, 2.05) is 61.5 Å². The number of hydrogen-bond donors (Lipinski definition) is 0. The van der Waals surface area contributed by atoms with Crippen LogP contribution in [-0.2, 0) is 68.7 Å². The summed E-state index contributed by atoms with van der Waals surface area (Å²) in [6, 6.07) is 26.3. The van der Waals surface area contributed by atoms with E-state index in [4.69, 9.17) is 66.3 Å². The molecule has 6 fully saturated rings. The van der Waals surface area contributed by atoms with Gasteiger partial charge in [-0.25, -0.2) is 0 Å². The first-order valence-corrected chi connectivity index (χ1v) is 26.9. The molecule has 6 aliphatic heterocycles. The summed E-state index contributed by atoms with van der Waals surface area (Å²) in [6.45, 7) is 26.9. The molecule has 0 aliphatic carbocycles. The van der Waals surface area contributed by atoms with E-state index in [2.05, 4.69) is 93.2 Å². The van der Waals surface area contributed by atoms with Crippen LogP contribution < -0.4 is 9.47 Å². The Hall–Kier alpha value is -3.48. The van der Waals surface area contributed by atoms with Crippen LogP contribution in [-0.4, -0.2) is 124 Å². The highest BCUT2D eigenvalue weighted by molar-refractivity contribution is 5.49. The molecule has 6 saturated heterocycles. The topological polar surface area (TPSA) is 129 Å². The summed E-state index contributed by atoms with van der Waals surface area (Å²) >= 11 is 0. The van der Waals surface area contributed by atoms with Crippen molar-refractivity contribution in [2.75, 3.05) is 39.6 Å². The number of fused-ring (bicyclic) bond motifs is 2. The Labute approximate surface area is 433 Å². The van der Waals surface area contributed by atoms with Crippen molar-refractivity contribution in [2.24, 2.45) is 5.92 Å². The molecule has 6 heterocycles. The number of rotatable bonds is 24. The van der Waals surface area contributed by atoms with Crippen LogP contribution in [0.15, 0.2) is 79.4 Å². The number of benzene rings is 3. The zero-order chi connectivity index (χ0) is 51.6. The molecule has 0 bridgehead atoms. The average Bonchev–Trinajstić information content (AvgIpc) is 4.19. The number of hydrogen-bond acceptors (Lipinski definition) is 14. The normalized spacial score (nSPS) is 31.1. The lowest BCUT2D eigenvalue weighted by atomic mass is 9.65. The second-order valence-corrected chi connectivity index (χ2v) is 22.6. The Kier molecular flexibility index (Phi) is 16.8. The lowest BCUT2D eigenvalue weighted by molar-refractivity contribution is -0.236. The van der Waals surface area contributed by atoms with Crippen LogP contribution in [0.1, 0.15) is 130 Å². The lowest BCUT2D eigenvalue weighted by Gasteiger charge is -2.38. The number of ether oxygens (including phenoxy) is 14. The molecule has 3 aromatic rings. The maximum Gasteiger partial charge on any atom is 0.190 e. The van der Waals surface area contributed by atoms with E-state index in [0.29, 0.717) is 45.6 Å².